The molecule has 9 nitrogen and oxygen atoms in total. The van der Waals surface area contributed by atoms with E-state index in [2.05, 4.69) is 17.6 Å². The van der Waals surface area contributed by atoms with Gasteiger partial charge in [-0.15, -0.1) is 0 Å². The second kappa shape index (κ2) is 9.84. The van der Waals surface area contributed by atoms with Crippen LogP contribution in [0.2, 0.25) is 0 Å². The largest absolute Gasteiger partial charge is 0.452 e. The number of benzene rings is 1. The number of sulfonamides is 1. The van der Waals surface area contributed by atoms with Crippen molar-refractivity contribution in [1.29, 1.82) is 0 Å². The molecule has 0 aromatic heterocycles. The number of hydrogen-bond acceptors (Lipinski definition) is 6. The first-order valence-corrected chi connectivity index (χ1v) is 10.9. The lowest BCUT2D eigenvalue weighted by Gasteiger charge is -2.29. The van der Waals surface area contributed by atoms with Crippen molar-refractivity contribution in [3.63, 3.8) is 0 Å². The minimum atomic E-state index is -3.60. The van der Waals surface area contributed by atoms with Gasteiger partial charge >= 0.3 is 12.0 Å². The van der Waals surface area contributed by atoms with Crippen molar-refractivity contribution in [2.45, 2.75) is 43.5 Å². The molecule has 0 heterocycles. The molecule has 29 heavy (non-hydrogen) atoms. The van der Waals surface area contributed by atoms with E-state index in [9.17, 15) is 22.8 Å². The number of nitrogens with one attached hydrogen (secondary N) is 2. The molecule has 1 aliphatic rings. The molecule has 2 atom stereocenters. The topological polar surface area (TPSA) is 122 Å². The molecule has 1 aliphatic carbocycles. The predicted molar refractivity (Wildman–Crippen MR) is 106 cm³/mol. The molecule has 0 spiro atoms. The van der Waals surface area contributed by atoms with Crippen molar-refractivity contribution in [3.8, 4) is 0 Å². The summed E-state index contributed by atoms with van der Waals surface area (Å²) < 4.78 is 30.0. The molecule has 3 amide bonds. The number of urea groups is 1. The third-order valence-electron chi connectivity index (χ3n) is 4.88. The summed E-state index contributed by atoms with van der Waals surface area (Å²) in [5.41, 5.74) is 0.0935. The maximum atomic E-state index is 12.0. The molecule has 1 aromatic carbocycles. The summed E-state index contributed by atoms with van der Waals surface area (Å²) in [6.07, 6.45) is 4.08. The molecule has 2 unspecified atom stereocenters. The Morgan fingerprint density at radius 1 is 1.10 bits per heavy atom. The van der Waals surface area contributed by atoms with E-state index in [1.54, 1.807) is 0 Å². The maximum Gasteiger partial charge on any atom is 0.338 e. The van der Waals surface area contributed by atoms with Crippen LogP contribution in [-0.2, 0) is 19.6 Å². The van der Waals surface area contributed by atoms with E-state index in [0.29, 0.717) is 5.92 Å². The van der Waals surface area contributed by atoms with E-state index >= 15 is 0 Å². The smallest absolute Gasteiger partial charge is 0.338 e. The number of carbonyl (C=O) groups is 3. The van der Waals surface area contributed by atoms with Gasteiger partial charge in [0.25, 0.3) is 5.91 Å². The van der Waals surface area contributed by atoms with Gasteiger partial charge in [0, 0.05) is 20.1 Å². The van der Waals surface area contributed by atoms with Crippen LogP contribution in [0.5, 0.6) is 0 Å². The SMILES string of the molecule is CC1CCCCC1NC(=O)NC(=O)COC(=O)c1ccc(S(=O)(=O)N(C)C)cc1. The summed E-state index contributed by atoms with van der Waals surface area (Å²) in [4.78, 5) is 35.8. The fraction of sp³-hybridized carbons (Fsp3) is 0.526. The van der Waals surface area contributed by atoms with E-state index in [4.69, 9.17) is 4.74 Å². The Balaban J connectivity index is 1.82. The summed E-state index contributed by atoms with van der Waals surface area (Å²) >= 11 is 0. The summed E-state index contributed by atoms with van der Waals surface area (Å²) in [6, 6.07) is 4.58. The first-order valence-electron chi connectivity index (χ1n) is 9.41. The summed E-state index contributed by atoms with van der Waals surface area (Å²) in [7, 11) is -0.794. The minimum absolute atomic E-state index is 0.0241. The van der Waals surface area contributed by atoms with Crippen LogP contribution >= 0.6 is 0 Å². The number of carbonyl (C=O) groups excluding carboxylic acids is 3. The first kappa shape index (κ1) is 22.8. The molecule has 0 radical (unpaired) electrons. The van der Waals surface area contributed by atoms with E-state index in [1.807, 2.05) is 0 Å². The van der Waals surface area contributed by atoms with Crippen LogP contribution in [0.3, 0.4) is 0 Å². The second-order valence-corrected chi connectivity index (χ2v) is 9.43. The Morgan fingerprint density at radius 3 is 2.31 bits per heavy atom. The number of hydrogen-bond donors (Lipinski definition) is 2. The standard InChI is InChI=1S/C19H27N3O6S/c1-13-6-4-5-7-16(13)20-19(25)21-17(23)12-28-18(24)14-8-10-15(11-9-14)29(26,27)22(2)3/h8-11,13,16H,4-7,12H2,1-3H3,(H2,20,21,23,25). The zero-order valence-electron chi connectivity index (χ0n) is 16.8. The molecule has 0 aliphatic heterocycles. The van der Waals surface area contributed by atoms with E-state index in [0.717, 1.165) is 30.0 Å². The molecule has 10 heteroatoms. The van der Waals surface area contributed by atoms with Gasteiger partial charge in [0.1, 0.15) is 0 Å². The summed E-state index contributed by atoms with van der Waals surface area (Å²) in [6.45, 7) is 1.44. The number of rotatable bonds is 6. The molecule has 1 fully saturated rings. The zero-order chi connectivity index (χ0) is 21.6. The summed E-state index contributed by atoms with van der Waals surface area (Å²) in [5, 5.41) is 4.92. The number of nitrogens with zero attached hydrogens (tertiary/aromatic N) is 1. The highest BCUT2D eigenvalue weighted by molar-refractivity contribution is 7.89. The molecular formula is C19H27N3O6S. The van der Waals surface area contributed by atoms with Crippen LogP contribution in [-0.4, -0.2) is 57.4 Å². The minimum Gasteiger partial charge on any atom is -0.452 e. The molecular weight excluding hydrogens is 398 g/mol. The number of ether oxygens (including phenoxy) is 1. The van der Waals surface area contributed by atoms with Gasteiger partial charge in [-0.2, -0.15) is 0 Å². The fourth-order valence-electron chi connectivity index (χ4n) is 3.09. The Labute approximate surface area is 170 Å². The van der Waals surface area contributed by atoms with Gasteiger partial charge in [-0.1, -0.05) is 19.8 Å². The Kier molecular flexibility index (Phi) is 7.74. The van der Waals surface area contributed by atoms with Crippen LogP contribution < -0.4 is 10.6 Å². The van der Waals surface area contributed by atoms with Gasteiger partial charge in [0.2, 0.25) is 10.0 Å². The Morgan fingerprint density at radius 2 is 1.72 bits per heavy atom. The van der Waals surface area contributed by atoms with Crippen LogP contribution in [0.4, 0.5) is 4.79 Å². The highest BCUT2D eigenvalue weighted by atomic mass is 32.2. The predicted octanol–water partition coefficient (Wildman–Crippen LogP) is 1.50. The Bertz CT molecular complexity index is 851. The maximum absolute atomic E-state index is 12.0. The lowest BCUT2D eigenvalue weighted by molar-refractivity contribution is -0.123. The number of esters is 1. The van der Waals surface area contributed by atoms with Crippen molar-refractivity contribution >= 4 is 27.9 Å². The van der Waals surface area contributed by atoms with Crippen molar-refractivity contribution in [3.05, 3.63) is 29.8 Å². The molecule has 1 saturated carbocycles. The van der Waals surface area contributed by atoms with Crippen molar-refractivity contribution in [2.75, 3.05) is 20.7 Å². The van der Waals surface area contributed by atoms with E-state index < -0.39 is 34.5 Å². The fourth-order valence-corrected chi connectivity index (χ4v) is 3.99. The van der Waals surface area contributed by atoms with Crippen molar-refractivity contribution in [1.82, 2.24) is 14.9 Å². The Hall–Kier alpha value is -2.46. The van der Waals surface area contributed by atoms with Gasteiger partial charge in [0.15, 0.2) is 6.61 Å². The van der Waals surface area contributed by atoms with Gasteiger partial charge < -0.3 is 10.1 Å². The average molecular weight is 426 g/mol. The third kappa shape index (κ3) is 6.26. The first-order chi connectivity index (χ1) is 13.6. The normalized spacial score (nSPS) is 19.4. The van der Waals surface area contributed by atoms with Crippen molar-refractivity contribution in [2.24, 2.45) is 5.92 Å². The number of amides is 3. The molecule has 2 rings (SSSR count). The van der Waals surface area contributed by atoms with Crippen LogP contribution in [0, 0.1) is 5.92 Å². The van der Waals surface area contributed by atoms with Gasteiger partial charge in [-0.05, 0) is 43.0 Å². The second-order valence-electron chi connectivity index (χ2n) is 7.28. The number of imide groups is 1. The van der Waals surface area contributed by atoms with Gasteiger partial charge in [-0.3, -0.25) is 10.1 Å². The summed E-state index contributed by atoms with van der Waals surface area (Å²) in [5.74, 6) is -1.19. The lowest BCUT2D eigenvalue weighted by Crippen LogP contribution is -2.48. The highest BCUT2D eigenvalue weighted by Crippen LogP contribution is 2.23. The molecule has 160 valence electrons. The quantitative estimate of drug-likeness (QED) is 0.666. The molecule has 0 saturated heterocycles. The average Bonchev–Trinajstić information content (AvgIpc) is 2.67. The zero-order valence-corrected chi connectivity index (χ0v) is 17.6. The third-order valence-corrected chi connectivity index (χ3v) is 6.71. The van der Waals surface area contributed by atoms with Crippen LogP contribution in [0.1, 0.15) is 43.0 Å². The van der Waals surface area contributed by atoms with Gasteiger partial charge in [-0.25, -0.2) is 22.3 Å². The van der Waals surface area contributed by atoms with Crippen LogP contribution in [0.15, 0.2) is 29.2 Å². The monoisotopic (exact) mass is 425 g/mol. The van der Waals surface area contributed by atoms with E-state index in [-0.39, 0.29) is 16.5 Å². The molecule has 1 aromatic rings. The van der Waals surface area contributed by atoms with Gasteiger partial charge in [0.05, 0.1) is 10.5 Å². The lowest BCUT2D eigenvalue weighted by atomic mass is 9.86. The highest BCUT2D eigenvalue weighted by Gasteiger charge is 2.23. The van der Waals surface area contributed by atoms with E-state index in [1.165, 1.54) is 38.4 Å². The van der Waals surface area contributed by atoms with Crippen molar-refractivity contribution < 1.29 is 27.5 Å². The molecule has 0 bridgehead atoms. The van der Waals surface area contributed by atoms with Crippen LogP contribution in [0.25, 0.3) is 0 Å². The molecule has 2 N–H and O–H groups in total.